The van der Waals surface area contributed by atoms with E-state index in [0.29, 0.717) is 30.9 Å². The van der Waals surface area contributed by atoms with E-state index in [2.05, 4.69) is 16.7 Å². The number of ether oxygens (including phenoxy) is 1. The van der Waals surface area contributed by atoms with E-state index in [9.17, 15) is 41.4 Å². The minimum absolute atomic E-state index is 0.0168. The number of anilines is 1. The number of aromatic carboxylic acids is 1. The zero-order valence-corrected chi connectivity index (χ0v) is 24.5. The predicted molar refractivity (Wildman–Crippen MR) is 157 cm³/mol. The molecule has 0 radical (unpaired) electrons. The van der Waals surface area contributed by atoms with Crippen molar-refractivity contribution in [2.45, 2.75) is 37.9 Å². The number of carboxylic acid groups (broad SMARTS) is 1. The molecule has 3 fully saturated rings. The fraction of sp³-hybridized carbons (Fsp3) is 0.324. The predicted octanol–water partition coefficient (Wildman–Crippen LogP) is 7.09. The van der Waals surface area contributed by atoms with Gasteiger partial charge in [0, 0.05) is 23.2 Å². The van der Waals surface area contributed by atoms with Crippen molar-refractivity contribution in [2.75, 3.05) is 12.4 Å². The number of carboxylic acids is 1. The molecule has 46 heavy (non-hydrogen) atoms. The molecule has 3 aliphatic carbocycles. The van der Waals surface area contributed by atoms with Crippen LogP contribution in [0, 0.1) is 35.3 Å². The second-order valence-electron chi connectivity index (χ2n) is 11.9. The lowest BCUT2D eigenvalue weighted by Crippen LogP contribution is -2.48. The summed E-state index contributed by atoms with van der Waals surface area (Å²) >= 11 is 0. The maximum Gasteiger partial charge on any atom is 0.419 e. The van der Waals surface area contributed by atoms with Gasteiger partial charge in [-0.15, -0.1) is 0 Å². The molecule has 0 spiro atoms. The minimum Gasteiger partial charge on any atom is -0.496 e. The number of amides is 2. The van der Waals surface area contributed by atoms with Crippen LogP contribution in [0.4, 0.5) is 27.6 Å². The Morgan fingerprint density at radius 2 is 1.63 bits per heavy atom. The van der Waals surface area contributed by atoms with Crippen LogP contribution in [0.5, 0.6) is 5.75 Å². The van der Waals surface area contributed by atoms with Crippen molar-refractivity contribution in [3.63, 3.8) is 0 Å². The van der Waals surface area contributed by atoms with Crippen LogP contribution in [0.2, 0.25) is 0 Å². The van der Waals surface area contributed by atoms with Gasteiger partial charge in [-0.1, -0.05) is 17.7 Å². The van der Waals surface area contributed by atoms with Crippen molar-refractivity contribution in [3.05, 3.63) is 94.6 Å². The Morgan fingerprint density at radius 1 is 0.913 bits per heavy atom. The van der Waals surface area contributed by atoms with E-state index in [1.54, 1.807) is 0 Å². The normalized spacial score (nSPS) is 23.0. The zero-order valence-electron chi connectivity index (χ0n) is 24.5. The molecule has 0 aliphatic heterocycles. The summed E-state index contributed by atoms with van der Waals surface area (Å²) in [7, 11) is 1.35. The number of methoxy groups -OCH3 is 1. The highest BCUT2D eigenvalue weighted by Gasteiger charge is 2.55. The van der Waals surface area contributed by atoms with Gasteiger partial charge in [0.1, 0.15) is 17.4 Å². The molecular weight excluding hydrogens is 611 g/mol. The molecule has 3 saturated carbocycles. The lowest BCUT2D eigenvalue weighted by atomic mass is 9.83. The molecule has 6 rings (SSSR count). The molecule has 2 bridgehead atoms. The van der Waals surface area contributed by atoms with E-state index in [1.165, 1.54) is 25.3 Å². The number of hydrogen-bond donors (Lipinski definition) is 3. The van der Waals surface area contributed by atoms with Crippen molar-refractivity contribution in [2.24, 2.45) is 23.7 Å². The first kappa shape index (κ1) is 31.3. The Labute approximate surface area is 260 Å². The maximum absolute atomic E-state index is 14.8. The van der Waals surface area contributed by atoms with Gasteiger partial charge in [-0.3, -0.25) is 9.59 Å². The Balaban J connectivity index is 1.32. The van der Waals surface area contributed by atoms with Gasteiger partial charge in [-0.25, -0.2) is 13.6 Å². The van der Waals surface area contributed by atoms with E-state index in [-0.39, 0.29) is 45.5 Å². The summed E-state index contributed by atoms with van der Waals surface area (Å²) in [6.45, 7) is 0. The van der Waals surface area contributed by atoms with Crippen LogP contribution >= 0.6 is 0 Å². The first-order chi connectivity index (χ1) is 21.8. The molecule has 3 aromatic carbocycles. The van der Waals surface area contributed by atoms with Crippen LogP contribution in [0.3, 0.4) is 0 Å². The number of nitrogens with one attached hydrogen (secondary N) is 2. The number of benzene rings is 3. The van der Waals surface area contributed by atoms with E-state index in [4.69, 9.17) is 4.74 Å². The Morgan fingerprint density at radius 3 is 2.30 bits per heavy atom. The number of hydrogen-bond acceptors (Lipinski definition) is 4. The number of fused-ring (bicyclic) bond motifs is 2. The maximum atomic E-state index is 14.8. The van der Waals surface area contributed by atoms with Crippen molar-refractivity contribution in [1.29, 1.82) is 0 Å². The fourth-order valence-corrected chi connectivity index (χ4v) is 6.77. The van der Waals surface area contributed by atoms with Gasteiger partial charge in [0.2, 0.25) is 5.91 Å². The van der Waals surface area contributed by atoms with E-state index >= 15 is 0 Å². The summed E-state index contributed by atoms with van der Waals surface area (Å²) in [5.41, 5.74) is -0.637. The third-order valence-corrected chi connectivity index (χ3v) is 9.06. The van der Waals surface area contributed by atoms with Crippen molar-refractivity contribution in [3.8, 4) is 16.9 Å². The van der Waals surface area contributed by atoms with Crippen LogP contribution in [-0.2, 0) is 11.0 Å². The molecular formula is C34H29F5N2O5. The molecule has 0 saturated heterocycles. The number of halogens is 5. The molecule has 3 aromatic rings. The molecule has 4 atom stereocenters. The van der Waals surface area contributed by atoms with Gasteiger partial charge in [-0.05, 0) is 91.6 Å². The molecule has 12 heteroatoms. The first-order valence-corrected chi connectivity index (χ1v) is 14.8. The molecule has 3 aliphatic rings. The van der Waals surface area contributed by atoms with Gasteiger partial charge in [0.15, 0.2) is 0 Å². The quantitative estimate of drug-likeness (QED) is 0.180. The molecule has 7 nitrogen and oxygen atoms in total. The zero-order chi connectivity index (χ0) is 32.9. The number of rotatable bonds is 8. The minimum atomic E-state index is -4.96. The molecule has 0 aromatic heterocycles. The third-order valence-electron chi connectivity index (χ3n) is 9.06. The van der Waals surface area contributed by atoms with Crippen LogP contribution in [0.1, 0.15) is 52.0 Å². The summed E-state index contributed by atoms with van der Waals surface area (Å²) < 4.78 is 74.1. The Kier molecular flexibility index (Phi) is 8.07. The second kappa shape index (κ2) is 11.9. The van der Waals surface area contributed by atoms with Crippen LogP contribution in [0.25, 0.3) is 11.1 Å². The SMILES string of the molecule is COc1ccc(-c2cc(C(=O)O)ccc2F)cc1C(=O)N[C@@H]1C2CCC(/C2=C/C2CC2)[C@@H]1C(=O)Nc1ccc(F)c(C(F)(F)F)c1. The average molecular weight is 641 g/mol. The number of carbonyl (C=O) groups is 3. The summed E-state index contributed by atoms with van der Waals surface area (Å²) in [6.07, 6.45) is 0.555. The lowest BCUT2D eigenvalue weighted by Gasteiger charge is -2.30. The third kappa shape index (κ3) is 5.95. The smallest absolute Gasteiger partial charge is 0.419 e. The summed E-state index contributed by atoms with van der Waals surface area (Å²) in [5.74, 6) is -5.39. The highest BCUT2D eigenvalue weighted by Crippen LogP contribution is 2.54. The first-order valence-electron chi connectivity index (χ1n) is 14.8. The Hall–Kier alpha value is -4.74. The van der Waals surface area contributed by atoms with Crippen LogP contribution < -0.4 is 15.4 Å². The molecule has 2 unspecified atom stereocenters. The van der Waals surface area contributed by atoms with Gasteiger partial charge in [0.05, 0.1) is 29.7 Å². The second-order valence-corrected chi connectivity index (χ2v) is 11.9. The summed E-state index contributed by atoms with van der Waals surface area (Å²) in [4.78, 5) is 39.1. The van der Waals surface area contributed by atoms with Gasteiger partial charge < -0.3 is 20.5 Å². The van der Waals surface area contributed by atoms with Crippen molar-refractivity contribution < 1.29 is 46.2 Å². The molecule has 2 amide bonds. The highest BCUT2D eigenvalue weighted by atomic mass is 19.4. The standard InChI is InChI=1S/C34H29F5N2O5/c1-46-28-11-5-17(22-14-18(33(44)45)4-9-26(22)35)13-24(28)31(42)41-30-21-8-7-20(23(21)12-16-2-3-16)29(30)32(43)40-19-6-10-27(36)25(15-19)34(37,38)39/h4-6,9-16,20-21,29-30H,2-3,7-8H2,1H3,(H,40,43)(H,41,42)(H,44,45)/b23-12-/t20?,21?,29-,30+/m0/s1. The molecule has 3 N–H and O–H groups in total. The van der Waals surface area contributed by atoms with Gasteiger partial charge >= 0.3 is 12.1 Å². The van der Waals surface area contributed by atoms with Gasteiger partial charge in [0.25, 0.3) is 5.91 Å². The Bertz CT molecular complexity index is 1770. The number of carbonyl (C=O) groups excluding carboxylic acids is 2. The molecule has 240 valence electrons. The summed E-state index contributed by atoms with van der Waals surface area (Å²) in [5, 5.41) is 14.9. The average Bonchev–Trinajstić information content (AvgIpc) is 3.69. The molecule has 0 heterocycles. The van der Waals surface area contributed by atoms with E-state index in [0.717, 1.165) is 42.7 Å². The van der Waals surface area contributed by atoms with E-state index in [1.807, 2.05) is 0 Å². The monoisotopic (exact) mass is 640 g/mol. The number of alkyl halides is 3. The summed E-state index contributed by atoms with van der Waals surface area (Å²) in [6, 6.07) is 9.14. The van der Waals surface area contributed by atoms with Gasteiger partial charge in [-0.2, -0.15) is 13.2 Å². The number of allylic oxidation sites excluding steroid dienone is 1. The topological polar surface area (TPSA) is 105 Å². The van der Waals surface area contributed by atoms with Crippen LogP contribution in [0.15, 0.2) is 66.2 Å². The fourth-order valence-electron chi connectivity index (χ4n) is 6.77. The lowest BCUT2D eigenvalue weighted by molar-refractivity contribution is -0.140. The van der Waals surface area contributed by atoms with Crippen molar-refractivity contribution in [1.82, 2.24) is 5.32 Å². The highest BCUT2D eigenvalue weighted by molar-refractivity contribution is 6.00. The largest absolute Gasteiger partial charge is 0.496 e. The van der Waals surface area contributed by atoms with Crippen molar-refractivity contribution >= 4 is 23.5 Å². The van der Waals surface area contributed by atoms with Crippen LogP contribution in [-0.4, -0.2) is 36.0 Å². The van der Waals surface area contributed by atoms with E-state index < -0.39 is 53.1 Å².